The number of nitrogens with zero attached hydrogens (tertiary/aromatic N) is 5. The number of rotatable bonds is 18. The minimum Gasteiger partial charge on any atom is -0.480 e. The van der Waals surface area contributed by atoms with Crippen molar-refractivity contribution in [2.24, 2.45) is 22.2 Å². The van der Waals surface area contributed by atoms with E-state index in [0.717, 1.165) is 10.9 Å². The summed E-state index contributed by atoms with van der Waals surface area (Å²) in [5, 5.41) is 38.0. The first-order chi connectivity index (χ1) is 36.0. The Morgan fingerprint density at radius 2 is 1.51 bits per heavy atom. The number of para-hydroxylation sites is 1. The topological polar surface area (TPSA) is 407 Å². The van der Waals surface area contributed by atoms with E-state index >= 15 is 0 Å². The molecule has 3 aromatic heterocycles. The van der Waals surface area contributed by atoms with Crippen LogP contribution in [-0.2, 0) is 70.6 Å². The SMILES string of the molecule is CSCC[C@H](NC(=O)[C@@H]1Cc2cn(nn2)C[C@H](NC(=O)[C@H](C)N)C(=O)N[C@@H](Cc2cnc[nH]2)C(=O)N[C@H](Cc2ccccc2)C(=O)N[C@@H](CCCN=C(N)N)C(=O)N[C@@H](Cc2c[nH]c3ccccc23)C(=O)N1)C(=O)O. The molecule has 400 valence electrons. The Balaban J connectivity index is 1.46. The van der Waals surface area contributed by atoms with E-state index in [0.29, 0.717) is 22.6 Å². The van der Waals surface area contributed by atoms with Crippen LogP contribution in [0.5, 0.6) is 0 Å². The fourth-order valence-corrected chi connectivity index (χ4v) is 8.61. The molecule has 7 amide bonds. The molecule has 75 heavy (non-hydrogen) atoms. The second-order valence-corrected chi connectivity index (χ2v) is 18.9. The van der Waals surface area contributed by atoms with Crippen LogP contribution in [0.2, 0.25) is 0 Å². The van der Waals surface area contributed by atoms with E-state index in [4.69, 9.17) is 17.2 Å². The van der Waals surface area contributed by atoms with E-state index in [1.165, 1.54) is 42.1 Å². The first-order valence-electron chi connectivity index (χ1n) is 24.1. The number of benzene rings is 2. The van der Waals surface area contributed by atoms with Crippen LogP contribution in [0.25, 0.3) is 10.9 Å². The lowest BCUT2D eigenvalue weighted by Crippen LogP contribution is -2.61. The van der Waals surface area contributed by atoms with Crippen molar-refractivity contribution in [3.8, 4) is 0 Å². The molecule has 2 aromatic carbocycles. The van der Waals surface area contributed by atoms with Crippen molar-refractivity contribution in [1.29, 1.82) is 0 Å². The number of aromatic amines is 2. The van der Waals surface area contributed by atoms with Gasteiger partial charge in [-0.25, -0.2) is 14.5 Å². The summed E-state index contributed by atoms with van der Waals surface area (Å²) < 4.78 is 1.19. The number of hydrogen-bond acceptors (Lipinski definition) is 14. The molecule has 0 fully saturated rings. The number of imidazole rings is 1. The predicted molar refractivity (Wildman–Crippen MR) is 276 cm³/mol. The third-order valence-corrected chi connectivity index (χ3v) is 12.8. The second-order valence-electron chi connectivity index (χ2n) is 18.0. The average molecular weight is 1050 g/mol. The van der Waals surface area contributed by atoms with Crippen molar-refractivity contribution in [2.75, 3.05) is 18.6 Å². The fraction of sp³-hybridized carbons (Fsp3) is 0.417. The van der Waals surface area contributed by atoms with Crippen molar-refractivity contribution in [3.63, 3.8) is 0 Å². The van der Waals surface area contributed by atoms with Gasteiger partial charge in [-0.3, -0.25) is 38.6 Å². The van der Waals surface area contributed by atoms with Gasteiger partial charge in [0.1, 0.15) is 42.3 Å². The Labute approximate surface area is 434 Å². The van der Waals surface area contributed by atoms with Crippen LogP contribution in [0.1, 0.15) is 48.7 Å². The van der Waals surface area contributed by atoms with Gasteiger partial charge >= 0.3 is 5.97 Å². The number of H-pyrrole nitrogens is 2. The highest BCUT2D eigenvalue weighted by Crippen LogP contribution is 2.20. The Bertz CT molecular complexity index is 2800. The highest BCUT2D eigenvalue weighted by molar-refractivity contribution is 7.98. The van der Waals surface area contributed by atoms with Gasteiger partial charge in [-0.15, -0.1) is 5.10 Å². The molecule has 5 aromatic rings. The summed E-state index contributed by atoms with van der Waals surface area (Å²) in [5.41, 5.74) is 19.5. The van der Waals surface area contributed by atoms with Crippen molar-refractivity contribution in [1.82, 2.24) is 67.2 Å². The van der Waals surface area contributed by atoms with Gasteiger partial charge in [0.05, 0.1) is 24.6 Å². The van der Waals surface area contributed by atoms with Crippen molar-refractivity contribution in [2.45, 2.75) is 107 Å². The first-order valence-corrected chi connectivity index (χ1v) is 25.5. The number of thioether (sulfide) groups is 1. The van der Waals surface area contributed by atoms with E-state index in [2.05, 4.69) is 67.5 Å². The van der Waals surface area contributed by atoms with Crippen molar-refractivity contribution < 1.29 is 43.5 Å². The van der Waals surface area contributed by atoms with Gasteiger partial charge in [0, 0.05) is 67.4 Å². The van der Waals surface area contributed by atoms with Gasteiger partial charge in [-0.2, -0.15) is 11.8 Å². The Morgan fingerprint density at radius 3 is 2.19 bits per heavy atom. The highest BCUT2D eigenvalue weighted by Gasteiger charge is 2.36. The van der Waals surface area contributed by atoms with Crippen LogP contribution >= 0.6 is 11.8 Å². The third kappa shape index (κ3) is 16.6. The minimum absolute atomic E-state index is 0.0429. The summed E-state index contributed by atoms with van der Waals surface area (Å²) in [5.74, 6) is -7.02. The molecule has 8 atom stereocenters. The summed E-state index contributed by atoms with van der Waals surface area (Å²) >= 11 is 1.37. The van der Waals surface area contributed by atoms with Gasteiger partial charge in [-0.1, -0.05) is 53.7 Å². The number of hydrogen-bond donors (Lipinski definition) is 13. The zero-order chi connectivity index (χ0) is 54.0. The number of carbonyl (C=O) groups excluding carboxylic acids is 7. The molecule has 6 rings (SSSR count). The fourth-order valence-electron chi connectivity index (χ4n) is 8.14. The van der Waals surface area contributed by atoms with Crippen LogP contribution in [0.15, 0.2) is 84.5 Å². The number of carboxylic acids is 1. The smallest absolute Gasteiger partial charge is 0.326 e. The van der Waals surface area contributed by atoms with Crippen LogP contribution < -0.4 is 54.4 Å². The zero-order valence-electron chi connectivity index (χ0n) is 41.3. The van der Waals surface area contributed by atoms with Gasteiger partial charge in [0.2, 0.25) is 41.4 Å². The molecular weight excluding hydrogens is 991 g/mol. The summed E-state index contributed by atoms with van der Waals surface area (Å²) in [7, 11) is 0. The lowest BCUT2D eigenvalue weighted by Gasteiger charge is -2.28. The van der Waals surface area contributed by atoms with Gasteiger partial charge < -0.3 is 69.5 Å². The first kappa shape index (κ1) is 56.0. The Morgan fingerprint density at radius 1 is 0.853 bits per heavy atom. The van der Waals surface area contributed by atoms with E-state index in [-0.39, 0.29) is 63.1 Å². The number of carbonyl (C=O) groups is 8. The summed E-state index contributed by atoms with van der Waals surface area (Å²) in [4.78, 5) is 127. The molecule has 0 aliphatic carbocycles. The molecule has 0 radical (unpaired) electrons. The van der Waals surface area contributed by atoms with E-state index in [1.807, 2.05) is 18.2 Å². The summed E-state index contributed by atoms with van der Waals surface area (Å²) in [6.07, 6.45) is 6.93. The van der Waals surface area contributed by atoms with Gasteiger partial charge in [0.15, 0.2) is 5.96 Å². The monoisotopic (exact) mass is 1050 g/mol. The number of nitrogens with two attached hydrogens (primary N) is 3. The minimum atomic E-state index is -1.54. The number of nitrogens with one attached hydrogen (secondary N) is 9. The lowest BCUT2D eigenvalue weighted by atomic mass is 10.0. The maximum Gasteiger partial charge on any atom is 0.326 e. The molecule has 1 aliphatic heterocycles. The number of aliphatic imine (C=N–C) groups is 1. The Hall–Kier alpha value is -8.33. The van der Waals surface area contributed by atoms with E-state index < -0.39 is 102 Å². The van der Waals surface area contributed by atoms with Gasteiger partial charge in [-0.05, 0) is 55.4 Å². The highest BCUT2D eigenvalue weighted by atomic mass is 32.2. The van der Waals surface area contributed by atoms with Crippen molar-refractivity contribution >= 4 is 75.9 Å². The normalized spacial score (nSPS) is 20.9. The second kappa shape index (κ2) is 27.1. The summed E-state index contributed by atoms with van der Waals surface area (Å²) in [6, 6.07) is 4.88. The number of fused-ring (bicyclic) bond motifs is 3. The molecule has 0 saturated heterocycles. The molecule has 1 aliphatic rings. The third-order valence-electron chi connectivity index (χ3n) is 12.1. The van der Waals surface area contributed by atoms with E-state index in [1.54, 1.807) is 48.9 Å². The molecule has 0 unspecified atom stereocenters. The predicted octanol–water partition coefficient (Wildman–Crippen LogP) is -2.60. The summed E-state index contributed by atoms with van der Waals surface area (Å²) in [6.45, 7) is 1.05. The molecular formula is C48H63N17O9S. The maximum absolute atomic E-state index is 14.8. The molecule has 16 N–H and O–H groups in total. The molecule has 2 bridgehead atoms. The molecule has 26 nitrogen and oxygen atoms in total. The average Bonchev–Trinajstić information content (AvgIpc) is 4.17. The van der Waals surface area contributed by atoms with Crippen molar-refractivity contribution in [3.05, 3.63) is 102 Å². The Kier molecular flexibility index (Phi) is 20.2. The van der Waals surface area contributed by atoms with Crippen LogP contribution in [0, 0.1) is 0 Å². The number of guanidine groups is 1. The number of aliphatic carboxylic acids is 1. The van der Waals surface area contributed by atoms with Gasteiger partial charge in [0.25, 0.3) is 0 Å². The zero-order valence-corrected chi connectivity index (χ0v) is 42.1. The quantitative estimate of drug-likeness (QED) is 0.0243. The van der Waals surface area contributed by atoms with Crippen LogP contribution in [-0.4, -0.2) is 155 Å². The van der Waals surface area contributed by atoms with Crippen LogP contribution in [0.3, 0.4) is 0 Å². The molecule has 27 heteroatoms. The molecule has 0 spiro atoms. The largest absolute Gasteiger partial charge is 0.480 e. The lowest BCUT2D eigenvalue weighted by molar-refractivity contribution is -0.142. The van der Waals surface area contributed by atoms with Crippen LogP contribution in [0.4, 0.5) is 0 Å². The van der Waals surface area contributed by atoms with E-state index in [9.17, 15) is 43.5 Å². The standard InChI is InChI=1S/C48H63N17O9S/c1-26(49)40(66)62-39-24-65-23-30(63-64-65)20-38(44(70)57-34(47(73)74)14-16-75-2)60-43(69)36(18-28-21-54-32-12-7-6-11-31(28)32)59-41(67)33(13-8-15-53-48(50)51)56-42(68)35(17-27-9-4-3-5-10-27)58-45(71)37(61-46(39)72)19-29-22-52-25-55-29/h3-7,9-12,21-23,25-26,33-39,54H,8,13-20,24,49H2,1-2H3,(H,52,55)(H,56,68)(H,57,70)(H,58,71)(H,59,67)(H,60,69)(H,61,72)(H,62,66)(H,73,74)(H4,50,51,53)/t26-,33-,34-,35+,36-,37-,38-,39-/m0/s1. The molecule has 4 heterocycles. The number of aromatic nitrogens is 6. The number of carboxylic acid groups (broad SMARTS) is 1. The maximum atomic E-state index is 14.8. The number of amides is 7. The molecule has 0 saturated carbocycles.